The first kappa shape index (κ1) is 13.6. The lowest BCUT2D eigenvalue weighted by Gasteiger charge is -2.27. The van der Waals surface area contributed by atoms with Crippen molar-refractivity contribution in [1.29, 1.82) is 0 Å². The maximum absolute atomic E-state index is 10.9. The fourth-order valence-corrected chi connectivity index (χ4v) is 2.85. The van der Waals surface area contributed by atoms with Crippen LogP contribution >= 0.6 is 0 Å². The monoisotopic (exact) mass is 247 g/mol. The molecule has 0 spiro atoms. The molecule has 1 atom stereocenters. The zero-order valence-corrected chi connectivity index (χ0v) is 11.7. The first-order valence-electron chi connectivity index (χ1n) is 7.14. The molecule has 2 rings (SSSR count). The van der Waals surface area contributed by atoms with Crippen molar-refractivity contribution in [3.8, 4) is 0 Å². The first-order chi connectivity index (χ1) is 8.64. The molecule has 0 saturated carbocycles. The van der Waals surface area contributed by atoms with E-state index in [9.17, 15) is 5.11 Å². The molecule has 2 nitrogen and oxygen atoms in total. The minimum atomic E-state index is -0.617. The summed E-state index contributed by atoms with van der Waals surface area (Å²) in [7, 11) is 2.14. The zero-order chi connectivity index (χ0) is 13.0. The van der Waals surface area contributed by atoms with Crippen LogP contribution in [0, 0.1) is 0 Å². The van der Waals surface area contributed by atoms with Gasteiger partial charge in [-0.25, -0.2) is 0 Å². The molecule has 1 saturated heterocycles. The van der Waals surface area contributed by atoms with E-state index in [0.717, 1.165) is 50.8 Å². The van der Waals surface area contributed by atoms with Crippen molar-refractivity contribution < 1.29 is 5.11 Å². The molecular formula is C16H25NO. The summed E-state index contributed by atoms with van der Waals surface area (Å²) in [5.74, 6) is 0. The molecule has 0 aliphatic carbocycles. The number of hydrogen-bond donors (Lipinski definition) is 1. The Morgan fingerprint density at radius 2 is 2.11 bits per heavy atom. The third-order valence-corrected chi connectivity index (χ3v) is 4.04. The second-order valence-corrected chi connectivity index (χ2v) is 5.64. The van der Waals surface area contributed by atoms with Crippen LogP contribution in [0.5, 0.6) is 0 Å². The highest BCUT2D eigenvalue weighted by atomic mass is 16.3. The Kier molecular flexibility index (Phi) is 4.41. The highest BCUT2D eigenvalue weighted by Gasteiger charge is 2.31. The lowest BCUT2D eigenvalue weighted by Crippen LogP contribution is -2.27. The maximum atomic E-state index is 10.9. The van der Waals surface area contributed by atoms with Crippen molar-refractivity contribution in [2.24, 2.45) is 0 Å². The predicted octanol–water partition coefficient (Wildman–Crippen LogP) is 2.94. The van der Waals surface area contributed by atoms with Crippen molar-refractivity contribution in [3.63, 3.8) is 0 Å². The molecular weight excluding hydrogens is 222 g/mol. The Morgan fingerprint density at radius 3 is 2.89 bits per heavy atom. The Hall–Kier alpha value is -0.860. The number of rotatable bonds is 3. The predicted molar refractivity (Wildman–Crippen MR) is 75.7 cm³/mol. The molecule has 0 amide bonds. The van der Waals surface area contributed by atoms with Crippen molar-refractivity contribution >= 4 is 0 Å². The van der Waals surface area contributed by atoms with Gasteiger partial charge in [0.15, 0.2) is 0 Å². The van der Waals surface area contributed by atoms with E-state index in [1.807, 2.05) is 0 Å². The summed E-state index contributed by atoms with van der Waals surface area (Å²) in [4.78, 5) is 2.31. The quantitative estimate of drug-likeness (QED) is 0.887. The van der Waals surface area contributed by atoms with E-state index < -0.39 is 5.60 Å². The van der Waals surface area contributed by atoms with Crippen LogP contribution in [0.4, 0.5) is 0 Å². The van der Waals surface area contributed by atoms with Gasteiger partial charge in [0.05, 0.1) is 5.60 Å². The lowest BCUT2D eigenvalue weighted by atomic mass is 9.86. The van der Waals surface area contributed by atoms with E-state index in [0.29, 0.717) is 0 Å². The molecule has 2 heteroatoms. The number of benzene rings is 1. The molecule has 1 fully saturated rings. The van der Waals surface area contributed by atoms with Crippen LogP contribution in [-0.2, 0) is 12.0 Å². The fraction of sp³-hybridized carbons (Fsp3) is 0.625. The SMILES string of the molecule is CCCc1cccc(C2(O)CCCN(C)CC2)c1. The Bertz CT molecular complexity index is 390. The standard InChI is InChI=1S/C16H25NO/c1-3-6-14-7-4-8-15(13-14)16(18)9-5-11-17(2)12-10-16/h4,7-8,13,18H,3,5-6,9-12H2,1-2H3. The van der Waals surface area contributed by atoms with Gasteiger partial charge in [-0.3, -0.25) is 0 Å². The molecule has 1 aromatic carbocycles. The first-order valence-corrected chi connectivity index (χ1v) is 7.14. The van der Waals surface area contributed by atoms with Crippen molar-refractivity contribution in [1.82, 2.24) is 4.90 Å². The summed E-state index contributed by atoms with van der Waals surface area (Å²) < 4.78 is 0. The van der Waals surface area contributed by atoms with Gasteiger partial charge in [-0.2, -0.15) is 0 Å². The highest BCUT2D eigenvalue weighted by Crippen LogP contribution is 2.33. The van der Waals surface area contributed by atoms with Crippen LogP contribution in [0.2, 0.25) is 0 Å². The van der Waals surface area contributed by atoms with Gasteiger partial charge < -0.3 is 10.0 Å². The van der Waals surface area contributed by atoms with Gasteiger partial charge in [0.1, 0.15) is 0 Å². The lowest BCUT2D eigenvalue weighted by molar-refractivity contribution is 0.0218. The highest BCUT2D eigenvalue weighted by molar-refractivity contribution is 5.28. The number of aryl methyl sites for hydroxylation is 1. The minimum absolute atomic E-state index is 0.617. The van der Waals surface area contributed by atoms with Crippen LogP contribution in [0.25, 0.3) is 0 Å². The second kappa shape index (κ2) is 5.85. The topological polar surface area (TPSA) is 23.5 Å². The van der Waals surface area contributed by atoms with Gasteiger partial charge >= 0.3 is 0 Å². The smallest absolute Gasteiger partial charge is 0.0909 e. The number of hydrogen-bond acceptors (Lipinski definition) is 2. The largest absolute Gasteiger partial charge is 0.385 e. The van der Waals surface area contributed by atoms with Gasteiger partial charge in [0.25, 0.3) is 0 Å². The van der Waals surface area contributed by atoms with Gasteiger partial charge in [0, 0.05) is 6.54 Å². The van der Waals surface area contributed by atoms with Gasteiger partial charge in [-0.15, -0.1) is 0 Å². The van der Waals surface area contributed by atoms with Gasteiger partial charge in [0.2, 0.25) is 0 Å². The minimum Gasteiger partial charge on any atom is -0.385 e. The normalized spacial score (nSPS) is 25.9. The zero-order valence-electron chi connectivity index (χ0n) is 11.7. The molecule has 1 N–H and O–H groups in total. The summed E-state index contributed by atoms with van der Waals surface area (Å²) >= 11 is 0. The van der Waals surface area contributed by atoms with E-state index >= 15 is 0 Å². The van der Waals surface area contributed by atoms with Crippen LogP contribution in [0.15, 0.2) is 24.3 Å². The van der Waals surface area contributed by atoms with E-state index in [2.05, 4.69) is 43.1 Å². The number of likely N-dealkylation sites (tertiary alicyclic amines) is 1. The average Bonchev–Trinajstić information content (AvgIpc) is 2.54. The molecule has 1 aliphatic rings. The average molecular weight is 247 g/mol. The summed E-state index contributed by atoms with van der Waals surface area (Å²) in [6.07, 6.45) is 5.06. The molecule has 0 aromatic heterocycles. The number of aliphatic hydroxyl groups is 1. The van der Waals surface area contributed by atoms with Crippen LogP contribution in [-0.4, -0.2) is 30.1 Å². The molecule has 1 unspecified atom stereocenters. The summed E-state index contributed by atoms with van der Waals surface area (Å²) in [5, 5.41) is 10.9. The molecule has 100 valence electrons. The van der Waals surface area contributed by atoms with E-state index in [4.69, 9.17) is 0 Å². The Labute approximate surface area is 111 Å². The van der Waals surface area contributed by atoms with Gasteiger partial charge in [-0.05, 0) is 50.4 Å². The summed E-state index contributed by atoms with van der Waals surface area (Å²) in [5.41, 5.74) is 1.85. The molecule has 1 heterocycles. The third-order valence-electron chi connectivity index (χ3n) is 4.04. The molecule has 1 aliphatic heterocycles. The molecule has 0 radical (unpaired) electrons. The van der Waals surface area contributed by atoms with Crippen molar-refractivity contribution in [3.05, 3.63) is 35.4 Å². The second-order valence-electron chi connectivity index (χ2n) is 5.64. The Morgan fingerprint density at radius 1 is 1.28 bits per heavy atom. The van der Waals surface area contributed by atoms with Crippen LogP contribution in [0.3, 0.4) is 0 Å². The number of nitrogens with zero attached hydrogens (tertiary/aromatic N) is 1. The maximum Gasteiger partial charge on any atom is 0.0909 e. The van der Waals surface area contributed by atoms with E-state index in [1.54, 1.807) is 0 Å². The molecule has 1 aromatic rings. The summed E-state index contributed by atoms with van der Waals surface area (Å²) in [6, 6.07) is 8.55. The van der Waals surface area contributed by atoms with Crippen LogP contribution < -0.4 is 0 Å². The van der Waals surface area contributed by atoms with Crippen molar-refractivity contribution in [2.75, 3.05) is 20.1 Å². The molecule has 0 bridgehead atoms. The fourth-order valence-electron chi connectivity index (χ4n) is 2.85. The Balaban J connectivity index is 2.20. The molecule has 18 heavy (non-hydrogen) atoms. The van der Waals surface area contributed by atoms with Gasteiger partial charge in [-0.1, -0.05) is 37.6 Å². The van der Waals surface area contributed by atoms with Crippen molar-refractivity contribution in [2.45, 2.75) is 44.6 Å². The third kappa shape index (κ3) is 3.12. The van der Waals surface area contributed by atoms with Crippen LogP contribution in [0.1, 0.15) is 43.7 Å². The van der Waals surface area contributed by atoms with E-state index in [-0.39, 0.29) is 0 Å². The summed E-state index contributed by atoms with van der Waals surface area (Å²) in [6.45, 7) is 4.27. The van der Waals surface area contributed by atoms with E-state index in [1.165, 1.54) is 5.56 Å².